The van der Waals surface area contributed by atoms with Crippen molar-refractivity contribution < 1.29 is 4.52 Å². The van der Waals surface area contributed by atoms with Gasteiger partial charge in [0.05, 0.1) is 12.6 Å². The molecule has 0 spiro atoms. The molecule has 92 valence electrons. The largest absolute Gasteiger partial charge is 0.339 e. The Morgan fingerprint density at radius 1 is 1.65 bits per heavy atom. The monoisotopic (exact) mass is 235 g/mol. The van der Waals surface area contributed by atoms with E-state index >= 15 is 0 Å². The second kappa shape index (κ2) is 5.75. The van der Waals surface area contributed by atoms with Crippen molar-refractivity contribution in [2.45, 2.75) is 32.4 Å². The molecule has 0 bridgehead atoms. The molecule has 1 aliphatic rings. The van der Waals surface area contributed by atoms with Crippen molar-refractivity contribution in [1.29, 1.82) is 5.26 Å². The van der Waals surface area contributed by atoms with Crippen LogP contribution in [0.15, 0.2) is 4.52 Å². The molecule has 1 unspecified atom stereocenters. The van der Waals surface area contributed by atoms with E-state index in [9.17, 15) is 0 Å². The third-order valence-corrected chi connectivity index (χ3v) is 2.82. The second-order valence-corrected chi connectivity index (χ2v) is 4.17. The predicted octanol–water partition coefficient (Wildman–Crippen LogP) is 0.319. The molecule has 0 aromatic carbocycles. The number of nitrogens with one attached hydrogen (secondary N) is 1. The van der Waals surface area contributed by atoms with E-state index in [-0.39, 0.29) is 6.04 Å². The summed E-state index contributed by atoms with van der Waals surface area (Å²) in [4.78, 5) is 6.39. The van der Waals surface area contributed by atoms with Gasteiger partial charge in [-0.15, -0.1) is 0 Å². The molecule has 1 aromatic heterocycles. The van der Waals surface area contributed by atoms with Gasteiger partial charge < -0.3 is 9.84 Å². The Balaban J connectivity index is 1.96. The molecule has 6 heteroatoms. The van der Waals surface area contributed by atoms with Crippen LogP contribution in [-0.2, 0) is 13.0 Å². The molecule has 1 fully saturated rings. The molecule has 0 aliphatic carbocycles. The molecule has 1 atom stereocenters. The number of aromatic nitrogens is 2. The van der Waals surface area contributed by atoms with Gasteiger partial charge >= 0.3 is 0 Å². The van der Waals surface area contributed by atoms with Gasteiger partial charge in [0, 0.05) is 26.1 Å². The number of piperazine rings is 1. The van der Waals surface area contributed by atoms with Crippen LogP contribution in [-0.4, -0.2) is 40.7 Å². The van der Waals surface area contributed by atoms with Crippen molar-refractivity contribution in [3.63, 3.8) is 0 Å². The number of aryl methyl sites for hydroxylation is 1. The van der Waals surface area contributed by atoms with Gasteiger partial charge in [0.25, 0.3) is 0 Å². The van der Waals surface area contributed by atoms with Crippen molar-refractivity contribution in [3.8, 4) is 6.07 Å². The van der Waals surface area contributed by atoms with Crippen LogP contribution in [0, 0.1) is 11.3 Å². The average molecular weight is 235 g/mol. The first-order valence-electron chi connectivity index (χ1n) is 5.99. The Labute approximate surface area is 101 Å². The molecule has 0 amide bonds. The third kappa shape index (κ3) is 3.02. The van der Waals surface area contributed by atoms with Gasteiger partial charge in [-0.25, -0.2) is 0 Å². The minimum absolute atomic E-state index is 0.100. The smallest absolute Gasteiger partial charge is 0.226 e. The van der Waals surface area contributed by atoms with Gasteiger partial charge in [-0.2, -0.15) is 10.2 Å². The quantitative estimate of drug-likeness (QED) is 0.809. The van der Waals surface area contributed by atoms with E-state index in [1.54, 1.807) is 0 Å². The fourth-order valence-corrected chi connectivity index (χ4v) is 1.91. The second-order valence-electron chi connectivity index (χ2n) is 4.17. The van der Waals surface area contributed by atoms with Crippen LogP contribution < -0.4 is 5.32 Å². The van der Waals surface area contributed by atoms with Crippen LogP contribution in [0.3, 0.4) is 0 Å². The summed E-state index contributed by atoms with van der Waals surface area (Å²) in [7, 11) is 0. The highest BCUT2D eigenvalue weighted by atomic mass is 16.5. The minimum atomic E-state index is -0.100. The lowest BCUT2D eigenvalue weighted by Crippen LogP contribution is -2.50. The summed E-state index contributed by atoms with van der Waals surface area (Å²) in [5.74, 6) is 1.36. The summed E-state index contributed by atoms with van der Waals surface area (Å²) in [5.41, 5.74) is 0. The van der Waals surface area contributed by atoms with E-state index < -0.39 is 0 Å². The highest BCUT2D eigenvalue weighted by Crippen LogP contribution is 2.08. The first-order chi connectivity index (χ1) is 8.33. The SMILES string of the molecule is CCCc1nc(CN2CCNCC2C#N)no1. The van der Waals surface area contributed by atoms with Crippen LogP contribution in [0.5, 0.6) is 0 Å². The Kier molecular flexibility index (Phi) is 4.07. The summed E-state index contributed by atoms with van der Waals surface area (Å²) in [6.07, 6.45) is 1.81. The summed E-state index contributed by atoms with van der Waals surface area (Å²) >= 11 is 0. The van der Waals surface area contributed by atoms with E-state index in [2.05, 4.69) is 33.4 Å². The highest BCUT2D eigenvalue weighted by Gasteiger charge is 2.23. The van der Waals surface area contributed by atoms with Gasteiger partial charge in [0.15, 0.2) is 5.82 Å². The molecular formula is C11H17N5O. The van der Waals surface area contributed by atoms with Crippen molar-refractivity contribution in [2.75, 3.05) is 19.6 Å². The van der Waals surface area contributed by atoms with Gasteiger partial charge in [-0.05, 0) is 6.42 Å². The van der Waals surface area contributed by atoms with Crippen LogP contribution in [0.25, 0.3) is 0 Å². The van der Waals surface area contributed by atoms with Crippen molar-refractivity contribution >= 4 is 0 Å². The summed E-state index contributed by atoms with van der Waals surface area (Å²) < 4.78 is 5.13. The van der Waals surface area contributed by atoms with Crippen LogP contribution >= 0.6 is 0 Å². The Morgan fingerprint density at radius 3 is 3.29 bits per heavy atom. The third-order valence-electron chi connectivity index (χ3n) is 2.82. The minimum Gasteiger partial charge on any atom is -0.339 e. The number of nitrogens with zero attached hydrogens (tertiary/aromatic N) is 4. The number of hydrogen-bond acceptors (Lipinski definition) is 6. The Hall–Kier alpha value is -1.45. The van der Waals surface area contributed by atoms with Crippen LogP contribution in [0.1, 0.15) is 25.1 Å². The van der Waals surface area contributed by atoms with E-state index in [0.717, 1.165) is 25.9 Å². The molecule has 0 saturated carbocycles. The summed E-state index contributed by atoms with van der Waals surface area (Å²) in [6.45, 7) is 5.11. The standard InChI is InChI=1S/C11H17N5O/c1-2-3-11-14-10(15-17-11)8-16-5-4-13-7-9(16)6-12/h9,13H,2-5,7-8H2,1H3. The molecule has 6 nitrogen and oxygen atoms in total. The van der Waals surface area contributed by atoms with Gasteiger partial charge in [0.1, 0.15) is 6.04 Å². The lowest BCUT2D eigenvalue weighted by molar-refractivity contribution is 0.182. The molecule has 1 saturated heterocycles. The van der Waals surface area contributed by atoms with E-state index in [0.29, 0.717) is 24.8 Å². The molecule has 17 heavy (non-hydrogen) atoms. The van der Waals surface area contributed by atoms with Gasteiger partial charge in [-0.1, -0.05) is 12.1 Å². The maximum Gasteiger partial charge on any atom is 0.226 e. The van der Waals surface area contributed by atoms with Crippen molar-refractivity contribution in [1.82, 2.24) is 20.4 Å². The zero-order chi connectivity index (χ0) is 12.1. The molecule has 1 aromatic rings. The predicted molar refractivity (Wildman–Crippen MR) is 61.0 cm³/mol. The number of rotatable bonds is 4. The normalized spacial score (nSPS) is 21.3. The zero-order valence-corrected chi connectivity index (χ0v) is 10.0. The topological polar surface area (TPSA) is 78.0 Å². The van der Waals surface area contributed by atoms with Gasteiger partial charge in [0.2, 0.25) is 5.89 Å². The molecule has 1 N–H and O–H groups in total. The number of hydrogen-bond donors (Lipinski definition) is 1. The Morgan fingerprint density at radius 2 is 2.53 bits per heavy atom. The lowest BCUT2D eigenvalue weighted by Gasteiger charge is -2.30. The summed E-state index contributed by atoms with van der Waals surface area (Å²) in [6, 6.07) is 2.18. The number of nitriles is 1. The van der Waals surface area contributed by atoms with E-state index in [1.807, 2.05) is 0 Å². The zero-order valence-electron chi connectivity index (χ0n) is 10.0. The fraction of sp³-hybridized carbons (Fsp3) is 0.727. The van der Waals surface area contributed by atoms with Crippen LogP contribution in [0.2, 0.25) is 0 Å². The van der Waals surface area contributed by atoms with Crippen LogP contribution in [0.4, 0.5) is 0 Å². The highest BCUT2D eigenvalue weighted by molar-refractivity contribution is 4.98. The first-order valence-corrected chi connectivity index (χ1v) is 5.99. The van der Waals surface area contributed by atoms with Gasteiger partial charge in [-0.3, -0.25) is 4.90 Å². The fourth-order valence-electron chi connectivity index (χ4n) is 1.91. The van der Waals surface area contributed by atoms with E-state index in [1.165, 1.54) is 0 Å². The molecule has 2 rings (SSSR count). The first kappa shape index (κ1) is 12.0. The summed E-state index contributed by atoms with van der Waals surface area (Å²) in [5, 5.41) is 16.2. The maximum absolute atomic E-state index is 9.03. The molecule has 0 radical (unpaired) electrons. The maximum atomic E-state index is 9.03. The molecule has 2 heterocycles. The average Bonchev–Trinajstić information content (AvgIpc) is 2.78. The molecular weight excluding hydrogens is 218 g/mol. The van der Waals surface area contributed by atoms with Crippen molar-refractivity contribution in [3.05, 3.63) is 11.7 Å². The molecule has 1 aliphatic heterocycles. The Bertz CT molecular complexity index is 397. The van der Waals surface area contributed by atoms with Crippen molar-refractivity contribution in [2.24, 2.45) is 0 Å². The van der Waals surface area contributed by atoms with E-state index in [4.69, 9.17) is 9.78 Å². The lowest BCUT2D eigenvalue weighted by atomic mass is 10.2.